The maximum atomic E-state index is 13.6. The first-order chi connectivity index (χ1) is 19.3. The maximum absolute atomic E-state index is 13.6. The molecule has 0 bridgehead atoms. The third-order valence-electron chi connectivity index (χ3n) is 6.07. The number of benzene rings is 3. The van der Waals surface area contributed by atoms with Crippen molar-refractivity contribution in [2.75, 3.05) is 7.11 Å². The molecule has 4 aromatic rings. The zero-order chi connectivity index (χ0) is 28.5. The number of carbonyl (C=O) groups excluding carboxylic acids is 2. The molecule has 4 N–H and O–H groups in total. The first-order valence-electron chi connectivity index (χ1n) is 12.2. The summed E-state index contributed by atoms with van der Waals surface area (Å²) in [6.45, 7) is 0. The molecule has 0 unspecified atom stereocenters. The molecule has 0 radical (unpaired) electrons. The third kappa shape index (κ3) is 7.51. The topological polar surface area (TPSA) is 150 Å². The largest absolute Gasteiger partial charge is 0.453 e. The number of rotatable bonds is 11. The van der Waals surface area contributed by atoms with Gasteiger partial charge in [-0.25, -0.2) is 9.78 Å². The van der Waals surface area contributed by atoms with E-state index >= 15 is 0 Å². The van der Waals surface area contributed by atoms with Crippen LogP contribution in [0.2, 0.25) is 0 Å². The minimum Gasteiger partial charge on any atom is -0.453 e. The number of hydrogen-bond acceptors (Lipinski definition) is 9. The Bertz CT molecular complexity index is 1530. The molecular formula is C28H28N4O6S2. The van der Waals surface area contributed by atoms with Crippen molar-refractivity contribution in [3.05, 3.63) is 107 Å². The lowest BCUT2D eigenvalue weighted by Gasteiger charge is -2.23. The summed E-state index contributed by atoms with van der Waals surface area (Å²) in [6, 6.07) is 23.4. The lowest BCUT2D eigenvalue weighted by atomic mass is 10.0. The van der Waals surface area contributed by atoms with Gasteiger partial charge in [-0.1, -0.05) is 72.8 Å². The fourth-order valence-corrected chi connectivity index (χ4v) is 5.47. The Morgan fingerprint density at radius 3 is 2.15 bits per heavy atom. The van der Waals surface area contributed by atoms with Crippen molar-refractivity contribution in [1.29, 1.82) is 0 Å². The SMILES string of the molecule is COC(=O)N[C@@H](Cc1ccccc1)C(=O)N[C@@H](Cc1ccc(S(=O)(=O)ON)cc1)c1csc(-c2ccccc2)n1. The number of nitrogens with two attached hydrogens (primary N) is 1. The van der Waals surface area contributed by atoms with Crippen LogP contribution in [0, 0.1) is 0 Å². The van der Waals surface area contributed by atoms with Crippen LogP contribution in [0.25, 0.3) is 10.6 Å². The molecule has 1 aromatic heterocycles. The van der Waals surface area contributed by atoms with E-state index in [1.807, 2.05) is 66.0 Å². The zero-order valence-corrected chi connectivity index (χ0v) is 23.2. The van der Waals surface area contributed by atoms with Gasteiger partial charge in [0, 0.05) is 17.4 Å². The highest BCUT2D eigenvalue weighted by Crippen LogP contribution is 2.28. The van der Waals surface area contributed by atoms with Crippen molar-refractivity contribution in [2.24, 2.45) is 5.90 Å². The summed E-state index contributed by atoms with van der Waals surface area (Å²) in [5, 5.41) is 8.29. The van der Waals surface area contributed by atoms with Crippen molar-refractivity contribution in [3.63, 3.8) is 0 Å². The number of hydrogen-bond donors (Lipinski definition) is 3. The van der Waals surface area contributed by atoms with E-state index in [9.17, 15) is 18.0 Å². The van der Waals surface area contributed by atoms with Crippen LogP contribution in [-0.2, 0) is 36.8 Å². The van der Waals surface area contributed by atoms with Gasteiger partial charge in [0.2, 0.25) is 5.91 Å². The van der Waals surface area contributed by atoms with Gasteiger partial charge in [-0.05, 0) is 29.7 Å². The summed E-state index contributed by atoms with van der Waals surface area (Å²) >= 11 is 1.44. The van der Waals surface area contributed by atoms with Crippen LogP contribution in [0.4, 0.5) is 4.79 Å². The fourth-order valence-electron chi connectivity index (χ4n) is 4.01. The van der Waals surface area contributed by atoms with Crippen molar-refractivity contribution >= 4 is 33.5 Å². The Morgan fingerprint density at radius 2 is 1.52 bits per heavy atom. The normalized spacial score (nSPS) is 12.8. The Labute approximate surface area is 236 Å². The minimum absolute atomic E-state index is 0.0930. The quantitative estimate of drug-likeness (QED) is 0.227. The third-order valence-corrected chi connectivity index (χ3v) is 8.08. The first kappa shape index (κ1) is 28.9. The number of nitrogens with zero attached hydrogens (tertiary/aromatic N) is 1. The Hall–Kier alpha value is -4.10. The summed E-state index contributed by atoms with van der Waals surface area (Å²) in [4.78, 5) is 30.3. The van der Waals surface area contributed by atoms with Crippen LogP contribution in [0.3, 0.4) is 0 Å². The molecule has 10 nitrogen and oxygen atoms in total. The highest BCUT2D eigenvalue weighted by atomic mass is 32.2. The molecule has 3 aromatic carbocycles. The summed E-state index contributed by atoms with van der Waals surface area (Å²) in [5.41, 5.74) is 3.15. The number of methoxy groups -OCH3 is 1. The monoisotopic (exact) mass is 580 g/mol. The Balaban J connectivity index is 1.62. The van der Waals surface area contributed by atoms with Gasteiger partial charge in [0.1, 0.15) is 11.0 Å². The second-order valence-electron chi connectivity index (χ2n) is 8.78. The van der Waals surface area contributed by atoms with E-state index in [0.717, 1.165) is 21.7 Å². The van der Waals surface area contributed by atoms with Gasteiger partial charge >= 0.3 is 16.2 Å². The van der Waals surface area contributed by atoms with Crippen molar-refractivity contribution in [2.45, 2.75) is 29.8 Å². The van der Waals surface area contributed by atoms with Crippen molar-refractivity contribution in [1.82, 2.24) is 15.6 Å². The van der Waals surface area contributed by atoms with E-state index in [2.05, 4.69) is 14.9 Å². The van der Waals surface area contributed by atoms with Crippen LogP contribution in [0.5, 0.6) is 0 Å². The first-order valence-corrected chi connectivity index (χ1v) is 14.5. The van der Waals surface area contributed by atoms with E-state index in [1.54, 1.807) is 12.1 Å². The molecule has 0 fully saturated rings. The molecule has 12 heteroatoms. The molecule has 40 heavy (non-hydrogen) atoms. The van der Waals surface area contributed by atoms with Gasteiger partial charge in [0.25, 0.3) is 0 Å². The number of ether oxygens (including phenoxy) is 1. The number of thiazole rings is 1. The number of aromatic nitrogens is 1. The number of nitrogens with one attached hydrogen (secondary N) is 2. The molecule has 4 rings (SSSR count). The summed E-state index contributed by atoms with van der Waals surface area (Å²) in [5.74, 6) is 4.46. The highest BCUT2D eigenvalue weighted by molar-refractivity contribution is 7.86. The van der Waals surface area contributed by atoms with Gasteiger partial charge in [-0.2, -0.15) is 18.6 Å². The number of alkyl carbamates (subject to hydrolysis) is 1. The van der Waals surface area contributed by atoms with Crippen LogP contribution in [0.1, 0.15) is 22.9 Å². The molecule has 0 aliphatic heterocycles. The fraction of sp³-hybridized carbons (Fsp3) is 0.179. The molecule has 208 valence electrons. The second kappa shape index (κ2) is 13.3. The van der Waals surface area contributed by atoms with Crippen LogP contribution in [-0.4, -0.2) is 38.6 Å². The van der Waals surface area contributed by atoms with E-state index in [1.165, 1.54) is 30.6 Å². The molecule has 0 saturated carbocycles. The second-order valence-corrected chi connectivity index (χ2v) is 11.2. The minimum atomic E-state index is -4.05. The zero-order valence-electron chi connectivity index (χ0n) is 21.5. The summed E-state index contributed by atoms with van der Waals surface area (Å²) in [7, 11) is -2.82. The van der Waals surface area contributed by atoms with Gasteiger partial charge < -0.3 is 15.4 Å². The lowest BCUT2D eigenvalue weighted by Crippen LogP contribution is -2.49. The van der Waals surface area contributed by atoms with E-state index in [0.29, 0.717) is 12.1 Å². The molecule has 0 saturated heterocycles. The Kier molecular flexibility index (Phi) is 9.61. The molecule has 1 heterocycles. The molecule has 0 spiro atoms. The molecule has 2 amide bonds. The van der Waals surface area contributed by atoms with Gasteiger partial charge in [0.05, 0.1) is 23.7 Å². The number of carbonyl (C=O) groups is 2. The predicted octanol–water partition coefficient (Wildman–Crippen LogP) is 3.76. The van der Waals surface area contributed by atoms with E-state index in [-0.39, 0.29) is 11.3 Å². The van der Waals surface area contributed by atoms with Crippen molar-refractivity contribution in [3.8, 4) is 10.6 Å². The maximum Gasteiger partial charge on any atom is 0.407 e. The standard InChI is InChI=1S/C28H28N4O6S2/c1-37-28(34)32-24(17-19-8-4-2-5-9-19)26(33)30-23(16-20-12-14-22(15-13-20)40(35,36)38-29)25-18-39-27(31-25)21-10-6-3-7-11-21/h2-15,18,23-24H,16-17,29H2,1H3,(H,30,33)(H,32,34)/t23-,24-/m0/s1. The average Bonchev–Trinajstić information content (AvgIpc) is 3.48. The lowest BCUT2D eigenvalue weighted by molar-refractivity contribution is -0.123. The van der Waals surface area contributed by atoms with Crippen molar-refractivity contribution < 1.29 is 27.0 Å². The van der Waals surface area contributed by atoms with Crippen LogP contribution < -0.4 is 16.5 Å². The predicted molar refractivity (Wildman–Crippen MR) is 151 cm³/mol. The smallest absolute Gasteiger partial charge is 0.407 e. The average molecular weight is 581 g/mol. The molecule has 0 aliphatic carbocycles. The highest BCUT2D eigenvalue weighted by Gasteiger charge is 2.26. The van der Waals surface area contributed by atoms with Crippen LogP contribution >= 0.6 is 11.3 Å². The van der Waals surface area contributed by atoms with Crippen LogP contribution in [0.15, 0.2) is 95.2 Å². The van der Waals surface area contributed by atoms with Gasteiger partial charge in [-0.15, -0.1) is 11.3 Å². The summed E-state index contributed by atoms with van der Waals surface area (Å²) < 4.78 is 32.7. The van der Waals surface area contributed by atoms with Gasteiger partial charge in [-0.3, -0.25) is 4.79 Å². The van der Waals surface area contributed by atoms with Gasteiger partial charge in [0.15, 0.2) is 0 Å². The Morgan fingerprint density at radius 1 is 0.900 bits per heavy atom. The molecule has 0 aliphatic rings. The van der Waals surface area contributed by atoms with E-state index in [4.69, 9.17) is 15.6 Å². The summed E-state index contributed by atoms with van der Waals surface area (Å²) in [6.07, 6.45) is -0.192. The van der Waals surface area contributed by atoms with E-state index < -0.39 is 34.2 Å². The molecule has 2 atom stereocenters. The molecular weight excluding hydrogens is 552 g/mol. The number of amides is 2.